The van der Waals surface area contributed by atoms with Gasteiger partial charge in [0, 0.05) is 22.3 Å². The lowest BCUT2D eigenvalue weighted by atomic mass is 10.1. The molecule has 2 aromatic carbocycles. The molecule has 2 heteroatoms. The van der Waals surface area contributed by atoms with Crippen LogP contribution in [0.3, 0.4) is 0 Å². The van der Waals surface area contributed by atoms with Gasteiger partial charge in [-0.05, 0) is 63.1 Å². The normalized spacial score (nSPS) is 12.5. The first-order valence-corrected chi connectivity index (χ1v) is 8.76. The van der Waals surface area contributed by atoms with Crippen LogP contribution < -0.4 is 5.32 Å². The highest BCUT2D eigenvalue weighted by molar-refractivity contribution is 7.96. The van der Waals surface area contributed by atoms with Crippen LogP contribution in [0.2, 0.25) is 0 Å². The van der Waals surface area contributed by atoms with E-state index < -0.39 is 0 Å². The first kappa shape index (κ1) is 15.0. The van der Waals surface area contributed by atoms with Gasteiger partial charge in [-0.25, -0.2) is 0 Å². The second-order valence-electron chi connectivity index (χ2n) is 5.53. The molecule has 2 rings (SSSR count). The summed E-state index contributed by atoms with van der Waals surface area (Å²) in [5, 5.41) is 4.23. The molecule has 1 nitrogen and oxygen atoms in total. The van der Waals surface area contributed by atoms with E-state index in [0.29, 0.717) is 16.1 Å². The maximum Gasteiger partial charge on any atom is 0.155 e. The van der Waals surface area contributed by atoms with Gasteiger partial charge in [-0.1, -0.05) is 18.2 Å². The molecule has 1 unspecified atom stereocenters. The highest BCUT2D eigenvalue weighted by atomic mass is 32.2. The van der Waals surface area contributed by atoms with Gasteiger partial charge in [0.15, 0.2) is 4.90 Å². The number of hydrogen-bond donors (Lipinski definition) is 1. The summed E-state index contributed by atoms with van der Waals surface area (Å²) in [6.45, 7) is 8.98. The van der Waals surface area contributed by atoms with Gasteiger partial charge in [-0.15, -0.1) is 0 Å². The Bertz CT molecular complexity index is 552. The van der Waals surface area contributed by atoms with Crippen molar-refractivity contribution in [1.29, 1.82) is 0 Å². The Kier molecular flexibility index (Phi) is 4.77. The molecule has 1 N–H and O–H groups in total. The van der Waals surface area contributed by atoms with Crippen molar-refractivity contribution in [2.45, 2.75) is 37.8 Å². The second kappa shape index (κ2) is 6.36. The molecule has 0 saturated carbocycles. The molecule has 0 saturated heterocycles. The fraction of sp³-hybridized carbons (Fsp3) is 0.333. The minimum absolute atomic E-state index is 0.312. The molecule has 0 aromatic heterocycles. The molecule has 0 bridgehead atoms. The van der Waals surface area contributed by atoms with Gasteiger partial charge in [-0.2, -0.15) is 0 Å². The summed E-state index contributed by atoms with van der Waals surface area (Å²) in [4.78, 5) is 1.47. The summed E-state index contributed by atoms with van der Waals surface area (Å²) >= 11 is 0. The molecule has 0 heterocycles. The predicted molar refractivity (Wildman–Crippen MR) is 92.3 cm³/mol. The van der Waals surface area contributed by atoms with Crippen LogP contribution in [0.5, 0.6) is 0 Å². The Hall–Kier alpha value is -1.41. The quantitative estimate of drug-likeness (QED) is 0.774. The number of anilines is 2. The zero-order valence-electron chi connectivity index (χ0n) is 13.0. The lowest BCUT2D eigenvalue weighted by Gasteiger charge is -2.15. The standard InChI is InChI=1S/C18H24NS/c1-13(2)20(5)17-11-14(3)18(15(4)12-17)19-16-9-7-6-8-10-16/h6-13,19H,1-5H3/q+1. The minimum Gasteiger partial charge on any atom is -0.355 e. The topological polar surface area (TPSA) is 12.0 Å². The van der Waals surface area contributed by atoms with Gasteiger partial charge in [-0.3, -0.25) is 0 Å². The minimum atomic E-state index is 0.312. The van der Waals surface area contributed by atoms with Crippen LogP contribution >= 0.6 is 0 Å². The van der Waals surface area contributed by atoms with E-state index in [1.165, 1.54) is 21.7 Å². The van der Waals surface area contributed by atoms with Crippen LogP contribution in [-0.2, 0) is 10.9 Å². The number of rotatable bonds is 4. The molecule has 1 atom stereocenters. The fourth-order valence-corrected chi connectivity index (χ4v) is 3.51. The summed E-state index contributed by atoms with van der Waals surface area (Å²) in [5.74, 6) is 0. The van der Waals surface area contributed by atoms with E-state index in [1.54, 1.807) is 0 Å². The molecule has 106 valence electrons. The third-order valence-electron chi connectivity index (χ3n) is 3.63. The molecule has 20 heavy (non-hydrogen) atoms. The van der Waals surface area contributed by atoms with Gasteiger partial charge in [0.2, 0.25) is 0 Å². The van der Waals surface area contributed by atoms with Gasteiger partial charge in [0.25, 0.3) is 0 Å². The van der Waals surface area contributed by atoms with Gasteiger partial charge in [0.05, 0.1) is 0 Å². The Morgan fingerprint density at radius 3 is 2.00 bits per heavy atom. The first-order valence-electron chi connectivity index (χ1n) is 7.07. The Balaban J connectivity index is 2.32. The molecule has 0 amide bonds. The molecule has 0 aliphatic rings. The molecule has 0 radical (unpaired) electrons. The third-order valence-corrected chi connectivity index (χ3v) is 6.02. The highest BCUT2D eigenvalue weighted by Gasteiger charge is 2.21. The summed E-state index contributed by atoms with van der Waals surface area (Å²) < 4.78 is 0. The lowest BCUT2D eigenvalue weighted by molar-refractivity contribution is 1.09. The van der Waals surface area contributed by atoms with Crippen molar-refractivity contribution < 1.29 is 0 Å². The van der Waals surface area contributed by atoms with Crippen LogP contribution in [0, 0.1) is 13.8 Å². The van der Waals surface area contributed by atoms with Gasteiger partial charge < -0.3 is 5.32 Å². The molecule has 0 aliphatic carbocycles. The van der Waals surface area contributed by atoms with E-state index in [2.05, 4.69) is 75.7 Å². The van der Waals surface area contributed by atoms with Crippen molar-refractivity contribution in [3.8, 4) is 0 Å². The summed E-state index contributed by atoms with van der Waals surface area (Å²) in [5.41, 5.74) is 5.03. The zero-order chi connectivity index (χ0) is 14.7. The van der Waals surface area contributed by atoms with E-state index in [-0.39, 0.29) is 0 Å². The van der Waals surface area contributed by atoms with Crippen LogP contribution in [0.4, 0.5) is 11.4 Å². The predicted octanol–water partition coefficient (Wildman–Crippen LogP) is 5.06. The maximum atomic E-state index is 3.54. The van der Waals surface area contributed by atoms with Crippen molar-refractivity contribution in [3.05, 3.63) is 53.6 Å². The smallest absolute Gasteiger partial charge is 0.155 e. The monoisotopic (exact) mass is 286 g/mol. The largest absolute Gasteiger partial charge is 0.355 e. The SMILES string of the molecule is Cc1cc([S+](C)C(C)C)cc(C)c1Nc1ccccc1. The van der Waals surface area contributed by atoms with E-state index >= 15 is 0 Å². The van der Waals surface area contributed by atoms with Gasteiger partial charge >= 0.3 is 0 Å². The van der Waals surface area contributed by atoms with Crippen LogP contribution in [0.15, 0.2) is 47.4 Å². The average molecular weight is 286 g/mol. The van der Waals surface area contributed by atoms with Crippen LogP contribution in [-0.4, -0.2) is 11.5 Å². The molecule has 0 fully saturated rings. The summed E-state index contributed by atoms with van der Waals surface area (Å²) in [6, 6.07) is 15.0. The Morgan fingerprint density at radius 1 is 0.950 bits per heavy atom. The number of para-hydroxylation sites is 1. The fourth-order valence-electron chi connectivity index (χ4n) is 2.24. The van der Waals surface area contributed by atoms with E-state index in [0.717, 1.165) is 5.69 Å². The maximum absolute atomic E-state index is 3.54. The summed E-state index contributed by atoms with van der Waals surface area (Å²) in [7, 11) is 0.312. The van der Waals surface area contributed by atoms with E-state index in [9.17, 15) is 0 Å². The van der Waals surface area contributed by atoms with Crippen LogP contribution in [0.25, 0.3) is 0 Å². The van der Waals surface area contributed by atoms with Crippen molar-refractivity contribution >= 4 is 22.3 Å². The Labute approximate surface area is 125 Å². The van der Waals surface area contributed by atoms with Crippen LogP contribution in [0.1, 0.15) is 25.0 Å². The number of benzene rings is 2. The van der Waals surface area contributed by atoms with Gasteiger partial charge in [0.1, 0.15) is 11.5 Å². The second-order valence-corrected chi connectivity index (χ2v) is 8.06. The number of aryl methyl sites for hydroxylation is 2. The first-order chi connectivity index (χ1) is 9.49. The molecule has 2 aromatic rings. The highest BCUT2D eigenvalue weighted by Crippen LogP contribution is 2.29. The van der Waals surface area contributed by atoms with Crippen molar-refractivity contribution in [3.63, 3.8) is 0 Å². The average Bonchev–Trinajstić information content (AvgIpc) is 2.42. The molecular formula is C18H24NS+. The number of nitrogens with one attached hydrogen (secondary N) is 1. The van der Waals surface area contributed by atoms with Crippen molar-refractivity contribution in [1.82, 2.24) is 0 Å². The lowest BCUT2D eigenvalue weighted by Crippen LogP contribution is -2.13. The summed E-state index contributed by atoms with van der Waals surface area (Å²) in [6.07, 6.45) is 2.34. The number of hydrogen-bond acceptors (Lipinski definition) is 1. The third kappa shape index (κ3) is 3.37. The molecule has 0 aliphatic heterocycles. The molecular weight excluding hydrogens is 262 g/mol. The van der Waals surface area contributed by atoms with Crippen molar-refractivity contribution in [2.24, 2.45) is 0 Å². The van der Waals surface area contributed by atoms with E-state index in [1.807, 2.05) is 6.07 Å². The Morgan fingerprint density at radius 2 is 1.50 bits per heavy atom. The molecule has 0 spiro atoms. The van der Waals surface area contributed by atoms with E-state index in [4.69, 9.17) is 0 Å². The van der Waals surface area contributed by atoms with Crippen molar-refractivity contribution in [2.75, 3.05) is 11.6 Å². The zero-order valence-corrected chi connectivity index (χ0v) is 13.8.